The molecule has 0 fully saturated rings. The van der Waals surface area contributed by atoms with Gasteiger partial charge in [-0.25, -0.2) is 8.42 Å². The van der Waals surface area contributed by atoms with Crippen molar-refractivity contribution >= 4 is 33.2 Å². The lowest BCUT2D eigenvalue weighted by Gasteiger charge is -2.13. The average molecular weight is 341 g/mol. The molecule has 6 nitrogen and oxygen atoms in total. The number of nitrogens with zero attached hydrogens (tertiary/aromatic N) is 2. The highest BCUT2D eigenvalue weighted by molar-refractivity contribution is 7.91. The molecule has 22 heavy (non-hydrogen) atoms. The van der Waals surface area contributed by atoms with Crippen LogP contribution in [0.25, 0.3) is 0 Å². The van der Waals surface area contributed by atoms with Gasteiger partial charge in [0, 0.05) is 13.1 Å². The van der Waals surface area contributed by atoms with Gasteiger partial charge < -0.3 is 10.6 Å². The van der Waals surface area contributed by atoms with Crippen LogP contribution in [0.3, 0.4) is 0 Å². The summed E-state index contributed by atoms with van der Waals surface area (Å²) in [5.41, 5.74) is 0. The molecule has 0 bridgehead atoms. The summed E-state index contributed by atoms with van der Waals surface area (Å²) in [4.78, 5) is 8.27. The molecule has 0 aliphatic heterocycles. The van der Waals surface area contributed by atoms with Crippen molar-refractivity contribution in [1.29, 1.82) is 0 Å². The number of hydrogen-bond acceptors (Lipinski definition) is 6. The van der Waals surface area contributed by atoms with Crippen molar-refractivity contribution in [3.8, 4) is 0 Å². The Kier molecular flexibility index (Phi) is 5.20. The molecule has 0 aliphatic rings. The second-order valence-electron chi connectivity index (χ2n) is 4.39. The summed E-state index contributed by atoms with van der Waals surface area (Å²) < 4.78 is 25.6. The van der Waals surface area contributed by atoms with E-state index in [1.807, 2.05) is 13.8 Å². The monoisotopic (exact) mass is 340 g/mol. The third-order valence-corrected chi connectivity index (χ3v) is 5.03. The Morgan fingerprint density at radius 1 is 1.05 bits per heavy atom. The van der Waals surface area contributed by atoms with Gasteiger partial charge in [-0.3, -0.25) is 0 Å². The first kappa shape index (κ1) is 16.5. The van der Waals surface area contributed by atoms with E-state index >= 15 is 0 Å². The summed E-state index contributed by atoms with van der Waals surface area (Å²) in [6, 6.07) is 8.08. The minimum atomic E-state index is -3.80. The number of halogens is 1. The Bertz CT molecular complexity index is 751. The van der Waals surface area contributed by atoms with Crippen molar-refractivity contribution in [2.75, 3.05) is 23.7 Å². The molecule has 0 aliphatic carbocycles. The normalized spacial score (nSPS) is 11.2. The molecule has 0 unspecified atom stereocenters. The molecule has 2 rings (SSSR count). The Labute approximate surface area is 134 Å². The Morgan fingerprint density at radius 2 is 1.68 bits per heavy atom. The van der Waals surface area contributed by atoms with E-state index in [1.165, 1.54) is 12.1 Å². The SMILES string of the molecule is CCNc1nc(Cl)c(S(=O)(=O)c2ccccc2)c(NCC)n1. The lowest BCUT2D eigenvalue weighted by molar-refractivity contribution is 0.595. The van der Waals surface area contributed by atoms with Crippen molar-refractivity contribution < 1.29 is 8.42 Å². The third kappa shape index (κ3) is 3.31. The minimum Gasteiger partial charge on any atom is -0.369 e. The van der Waals surface area contributed by atoms with Crippen molar-refractivity contribution in [1.82, 2.24) is 9.97 Å². The molecule has 2 aromatic rings. The van der Waals surface area contributed by atoms with Crippen LogP contribution in [0.4, 0.5) is 11.8 Å². The maximum absolute atomic E-state index is 12.8. The maximum atomic E-state index is 12.8. The summed E-state index contributed by atoms with van der Waals surface area (Å²) in [7, 11) is -3.80. The van der Waals surface area contributed by atoms with Gasteiger partial charge in [-0.2, -0.15) is 9.97 Å². The number of rotatable bonds is 6. The molecule has 118 valence electrons. The van der Waals surface area contributed by atoms with Gasteiger partial charge in [0.1, 0.15) is 0 Å². The molecular formula is C14H17ClN4O2S. The second-order valence-corrected chi connectivity index (χ2v) is 6.64. The highest BCUT2D eigenvalue weighted by Crippen LogP contribution is 2.32. The molecule has 0 atom stereocenters. The minimum absolute atomic E-state index is 0.106. The number of benzene rings is 1. The zero-order chi connectivity index (χ0) is 16.2. The largest absolute Gasteiger partial charge is 0.369 e. The van der Waals surface area contributed by atoms with Crippen LogP contribution in [0.1, 0.15) is 13.8 Å². The quantitative estimate of drug-likeness (QED) is 0.787. The van der Waals surface area contributed by atoms with Crippen LogP contribution >= 0.6 is 11.6 Å². The summed E-state index contributed by atoms with van der Waals surface area (Å²) in [6.07, 6.45) is 0. The lowest BCUT2D eigenvalue weighted by Crippen LogP contribution is -2.13. The number of nitrogens with one attached hydrogen (secondary N) is 2. The van der Waals surface area contributed by atoms with Gasteiger partial charge in [0.15, 0.2) is 15.9 Å². The molecule has 2 N–H and O–H groups in total. The fraction of sp³-hybridized carbons (Fsp3) is 0.286. The zero-order valence-corrected chi connectivity index (χ0v) is 13.9. The Hall–Kier alpha value is -1.86. The van der Waals surface area contributed by atoms with E-state index in [0.29, 0.717) is 13.1 Å². The maximum Gasteiger partial charge on any atom is 0.226 e. The van der Waals surface area contributed by atoms with Crippen LogP contribution in [0.15, 0.2) is 40.1 Å². The molecule has 0 saturated carbocycles. The van der Waals surface area contributed by atoms with Gasteiger partial charge in [-0.1, -0.05) is 29.8 Å². The fourth-order valence-corrected chi connectivity index (χ4v) is 3.77. The zero-order valence-electron chi connectivity index (χ0n) is 12.3. The average Bonchev–Trinajstić information content (AvgIpc) is 2.48. The van der Waals surface area contributed by atoms with Gasteiger partial charge in [0.25, 0.3) is 0 Å². The lowest BCUT2D eigenvalue weighted by atomic mass is 10.4. The van der Waals surface area contributed by atoms with Crippen LogP contribution in [0.5, 0.6) is 0 Å². The molecule has 1 aromatic heterocycles. The van der Waals surface area contributed by atoms with Crippen LogP contribution in [0.2, 0.25) is 5.15 Å². The van der Waals surface area contributed by atoms with Crippen LogP contribution in [-0.4, -0.2) is 31.5 Å². The van der Waals surface area contributed by atoms with E-state index in [-0.39, 0.29) is 26.7 Å². The molecule has 0 saturated heterocycles. The Morgan fingerprint density at radius 3 is 2.27 bits per heavy atom. The Balaban J connectivity index is 2.63. The van der Waals surface area contributed by atoms with E-state index in [1.54, 1.807) is 18.2 Å². The van der Waals surface area contributed by atoms with Crippen molar-refractivity contribution in [2.24, 2.45) is 0 Å². The van der Waals surface area contributed by atoms with Crippen molar-refractivity contribution in [3.63, 3.8) is 0 Å². The van der Waals surface area contributed by atoms with Crippen LogP contribution < -0.4 is 10.6 Å². The molecule has 8 heteroatoms. The van der Waals surface area contributed by atoms with Gasteiger partial charge >= 0.3 is 0 Å². The van der Waals surface area contributed by atoms with E-state index in [9.17, 15) is 8.42 Å². The highest BCUT2D eigenvalue weighted by Gasteiger charge is 2.27. The predicted molar refractivity (Wildman–Crippen MR) is 87.3 cm³/mol. The number of aromatic nitrogens is 2. The summed E-state index contributed by atoms with van der Waals surface area (Å²) in [5.74, 6) is 0.484. The van der Waals surface area contributed by atoms with E-state index in [2.05, 4.69) is 20.6 Å². The summed E-state index contributed by atoms with van der Waals surface area (Å²) in [5, 5.41) is 5.76. The summed E-state index contributed by atoms with van der Waals surface area (Å²) >= 11 is 6.13. The van der Waals surface area contributed by atoms with E-state index < -0.39 is 9.84 Å². The van der Waals surface area contributed by atoms with Gasteiger partial charge in [0.05, 0.1) is 4.90 Å². The van der Waals surface area contributed by atoms with Gasteiger partial charge in [-0.05, 0) is 26.0 Å². The molecule has 0 amide bonds. The van der Waals surface area contributed by atoms with E-state index in [0.717, 1.165) is 0 Å². The standard InChI is InChI=1S/C14H17ClN4O2S/c1-3-16-13-11(12(15)18-14(19-13)17-4-2)22(20,21)10-8-6-5-7-9-10/h5-9H,3-4H2,1-2H3,(H2,16,17,18,19). The van der Waals surface area contributed by atoms with Gasteiger partial charge in [0.2, 0.25) is 15.8 Å². The smallest absolute Gasteiger partial charge is 0.226 e. The fourth-order valence-electron chi connectivity index (χ4n) is 1.90. The topological polar surface area (TPSA) is 84.0 Å². The number of anilines is 2. The predicted octanol–water partition coefficient (Wildman–Crippen LogP) is 2.83. The van der Waals surface area contributed by atoms with Crippen molar-refractivity contribution in [2.45, 2.75) is 23.6 Å². The van der Waals surface area contributed by atoms with Crippen molar-refractivity contribution in [3.05, 3.63) is 35.5 Å². The molecule has 0 radical (unpaired) electrons. The second kappa shape index (κ2) is 6.93. The molecule has 1 aromatic carbocycles. The first-order chi connectivity index (χ1) is 10.5. The first-order valence-corrected chi connectivity index (χ1v) is 8.72. The van der Waals surface area contributed by atoms with Crippen LogP contribution in [0, 0.1) is 0 Å². The highest BCUT2D eigenvalue weighted by atomic mass is 35.5. The number of hydrogen-bond donors (Lipinski definition) is 2. The first-order valence-electron chi connectivity index (χ1n) is 6.86. The van der Waals surface area contributed by atoms with E-state index in [4.69, 9.17) is 11.6 Å². The number of sulfone groups is 1. The van der Waals surface area contributed by atoms with Gasteiger partial charge in [-0.15, -0.1) is 0 Å². The molecule has 1 heterocycles. The molecule has 0 spiro atoms. The third-order valence-electron chi connectivity index (χ3n) is 2.83. The van der Waals surface area contributed by atoms with Crippen LogP contribution in [-0.2, 0) is 9.84 Å². The molecular weight excluding hydrogens is 324 g/mol. The summed E-state index contributed by atoms with van der Waals surface area (Å²) in [6.45, 7) is 4.85.